The molecule has 4 aromatic rings. The van der Waals surface area contributed by atoms with Crippen LogP contribution in [0.4, 0.5) is 5.82 Å². The fourth-order valence-corrected chi connectivity index (χ4v) is 5.92. The molecule has 8 nitrogen and oxygen atoms in total. The van der Waals surface area contributed by atoms with Gasteiger partial charge in [0.15, 0.2) is 5.65 Å². The van der Waals surface area contributed by atoms with Gasteiger partial charge >= 0.3 is 5.97 Å². The van der Waals surface area contributed by atoms with Gasteiger partial charge in [0.1, 0.15) is 17.7 Å². The number of esters is 1. The zero-order valence-corrected chi connectivity index (χ0v) is 25.0. The van der Waals surface area contributed by atoms with Gasteiger partial charge in [-0.2, -0.15) is 9.61 Å². The number of piperidine rings is 1. The highest BCUT2D eigenvalue weighted by Gasteiger charge is 2.33. The average Bonchev–Trinajstić information content (AvgIpc) is 3.40. The summed E-state index contributed by atoms with van der Waals surface area (Å²) >= 11 is 0. The van der Waals surface area contributed by atoms with E-state index in [1.54, 1.807) is 0 Å². The summed E-state index contributed by atoms with van der Waals surface area (Å²) in [7, 11) is 1.42. The van der Waals surface area contributed by atoms with Gasteiger partial charge in [-0.1, -0.05) is 35.9 Å². The van der Waals surface area contributed by atoms with Crippen LogP contribution in [-0.4, -0.2) is 59.1 Å². The predicted octanol–water partition coefficient (Wildman–Crippen LogP) is 6.11. The van der Waals surface area contributed by atoms with E-state index in [0.717, 1.165) is 82.4 Å². The summed E-state index contributed by atoms with van der Waals surface area (Å²) < 4.78 is 19.8. The van der Waals surface area contributed by atoms with Gasteiger partial charge in [0.25, 0.3) is 0 Å². The molecule has 0 N–H and O–H groups in total. The molecule has 2 aromatic carbocycles. The number of fused-ring (bicyclic) bond motifs is 6. The van der Waals surface area contributed by atoms with Gasteiger partial charge in [-0.05, 0) is 70.4 Å². The van der Waals surface area contributed by atoms with Crippen LogP contribution in [0.25, 0.3) is 28.0 Å². The molecule has 0 amide bonds. The van der Waals surface area contributed by atoms with Crippen molar-refractivity contribution >= 4 is 17.4 Å². The molecule has 42 heavy (non-hydrogen) atoms. The van der Waals surface area contributed by atoms with Crippen LogP contribution in [-0.2, 0) is 20.7 Å². The van der Waals surface area contributed by atoms with Gasteiger partial charge in [-0.25, -0.2) is 4.98 Å². The molecule has 3 aliphatic rings. The van der Waals surface area contributed by atoms with Crippen molar-refractivity contribution < 1.29 is 19.0 Å². The Morgan fingerprint density at radius 3 is 2.67 bits per heavy atom. The lowest BCUT2D eigenvalue weighted by atomic mass is 9.93. The zero-order chi connectivity index (χ0) is 29.4. The summed E-state index contributed by atoms with van der Waals surface area (Å²) in [5.41, 5.74) is 7.16. The largest absolute Gasteiger partial charge is 0.486 e. The molecule has 1 unspecified atom stereocenters. The SMILES string of the molecule is COC(=O)Cc1c(C)nc2cc3nn2c1N1CCC(C)(CC1)OC/C=C\C(C)Oc1ccc(C)cc1-c1cccc-3c1. The fourth-order valence-electron chi connectivity index (χ4n) is 5.92. The monoisotopic (exact) mass is 566 g/mol. The Morgan fingerprint density at radius 2 is 1.88 bits per heavy atom. The Balaban J connectivity index is 1.53. The summed E-state index contributed by atoms with van der Waals surface area (Å²) in [6.07, 6.45) is 5.82. The minimum atomic E-state index is -0.298. The van der Waals surface area contributed by atoms with E-state index < -0.39 is 0 Å². The molecule has 5 heterocycles. The van der Waals surface area contributed by atoms with E-state index in [1.165, 1.54) is 7.11 Å². The molecule has 1 fully saturated rings. The minimum absolute atomic E-state index is 0.117. The standard InChI is InChI=1S/C34H38N4O4/c1-22-11-12-30-28(18-22)25-9-6-10-26(19-25)29-21-31-35-24(3)27(20-32(39)40-5)33(38(31)36-29)37-15-13-34(4,14-16-37)41-17-7-8-23(2)42-30/h6-12,18-19,21,23H,13-17,20H2,1-5H3/b8-7-. The third-order valence-electron chi connectivity index (χ3n) is 8.40. The first kappa shape index (κ1) is 28.0. The Morgan fingerprint density at radius 1 is 1.10 bits per heavy atom. The van der Waals surface area contributed by atoms with Crippen molar-refractivity contribution in [1.29, 1.82) is 0 Å². The van der Waals surface area contributed by atoms with Gasteiger partial charge in [-0.15, -0.1) is 0 Å². The summed E-state index contributed by atoms with van der Waals surface area (Å²) in [4.78, 5) is 19.7. The molecule has 6 bridgehead atoms. The maximum absolute atomic E-state index is 12.5. The molecule has 3 aliphatic heterocycles. The molecule has 1 atom stereocenters. The third-order valence-corrected chi connectivity index (χ3v) is 8.40. The summed E-state index contributed by atoms with van der Waals surface area (Å²) in [5, 5.41) is 5.09. The maximum Gasteiger partial charge on any atom is 0.310 e. The van der Waals surface area contributed by atoms with Crippen molar-refractivity contribution in [1.82, 2.24) is 14.6 Å². The number of carbonyl (C=O) groups excluding carboxylic acids is 1. The Labute approximate surface area is 246 Å². The number of carbonyl (C=O) groups is 1. The highest BCUT2D eigenvalue weighted by Crippen LogP contribution is 2.36. The van der Waals surface area contributed by atoms with Crippen LogP contribution in [0.5, 0.6) is 5.75 Å². The van der Waals surface area contributed by atoms with Crippen LogP contribution in [0.2, 0.25) is 0 Å². The quantitative estimate of drug-likeness (QED) is 0.214. The van der Waals surface area contributed by atoms with Crippen LogP contribution >= 0.6 is 0 Å². The second kappa shape index (κ2) is 11.2. The predicted molar refractivity (Wildman–Crippen MR) is 164 cm³/mol. The fraction of sp³-hybridized carbons (Fsp3) is 0.382. The van der Waals surface area contributed by atoms with E-state index >= 15 is 0 Å². The van der Waals surface area contributed by atoms with Crippen molar-refractivity contribution in [3.63, 3.8) is 0 Å². The molecular formula is C34H38N4O4. The maximum atomic E-state index is 12.5. The van der Waals surface area contributed by atoms with Crippen LogP contribution in [0.15, 0.2) is 60.7 Å². The summed E-state index contributed by atoms with van der Waals surface area (Å²) in [6.45, 7) is 10.3. The smallest absolute Gasteiger partial charge is 0.310 e. The molecule has 0 radical (unpaired) electrons. The van der Waals surface area contributed by atoms with Crippen molar-refractivity contribution in [3.05, 3.63) is 77.5 Å². The van der Waals surface area contributed by atoms with Crippen LogP contribution in [0, 0.1) is 13.8 Å². The molecule has 7 rings (SSSR count). The molecule has 218 valence electrons. The Bertz CT molecular complexity index is 1670. The molecule has 8 heteroatoms. The number of benzene rings is 2. The molecule has 0 aliphatic carbocycles. The number of aryl methyl sites for hydroxylation is 2. The summed E-state index contributed by atoms with van der Waals surface area (Å²) in [6, 6.07) is 16.7. The third kappa shape index (κ3) is 5.51. The van der Waals surface area contributed by atoms with Gasteiger partial charge in [-0.3, -0.25) is 4.79 Å². The lowest BCUT2D eigenvalue weighted by molar-refractivity contribution is -0.139. The molecule has 1 saturated heterocycles. The number of nitrogens with zero attached hydrogens (tertiary/aromatic N) is 4. The van der Waals surface area contributed by atoms with E-state index in [9.17, 15) is 4.79 Å². The number of aromatic nitrogens is 3. The highest BCUT2D eigenvalue weighted by atomic mass is 16.5. The lowest BCUT2D eigenvalue weighted by Gasteiger charge is -2.40. The highest BCUT2D eigenvalue weighted by molar-refractivity contribution is 5.79. The van der Waals surface area contributed by atoms with Crippen molar-refractivity contribution in [2.24, 2.45) is 0 Å². The average molecular weight is 567 g/mol. The van der Waals surface area contributed by atoms with Gasteiger partial charge < -0.3 is 19.1 Å². The number of hydrogen-bond acceptors (Lipinski definition) is 7. The lowest BCUT2D eigenvalue weighted by Crippen LogP contribution is -2.45. The van der Waals surface area contributed by atoms with Crippen molar-refractivity contribution in [3.8, 4) is 28.1 Å². The van der Waals surface area contributed by atoms with Gasteiger partial charge in [0.2, 0.25) is 0 Å². The van der Waals surface area contributed by atoms with E-state index in [1.807, 2.05) is 30.5 Å². The van der Waals surface area contributed by atoms with Crippen LogP contribution in [0.1, 0.15) is 43.5 Å². The van der Waals surface area contributed by atoms with Crippen molar-refractivity contribution in [2.45, 2.75) is 58.7 Å². The van der Waals surface area contributed by atoms with E-state index in [-0.39, 0.29) is 24.1 Å². The number of hydrogen-bond donors (Lipinski definition) is 0. The molecule has 0 spiro atoms. The normalized spacial score (nSPS) is 21.3. The minimum Gasteiger partial charge on any atom is -0.486 e. The van der Waals surface area contributed by atoms with Gasteiger partial charge in [0, 0.05) is 41.5 Å². The Hall–Kier alpha value is -4.17. The second-order valence-electron chi connectivity index (χ2n) is 11.6. The van der Waals surface area contributed by atoms with E-state index in [2.05, 4.69) is 67.3 Å². The first-order valence-electron chi connectivity index (χ1n) is 14.6. The first-order chi connectivity index (χ1) is 20.2. The van der Waals surface area contributed by atoms with E-state index in [4.69, 9.17) is 24.3 Å². The molecule has 0 saturated carbocycles. The Kier molecular flexibility index (Phi) is 7.49. The first-order valence-corrected chi connectivity index (χ1v) is 14.6. The summed E-state index contributed by atoms with van der Waals surface area (Å²) in [5.74, 6) is 1.43. The number of rotatable bonds is 2. The molecule has 2 aromatic heterocycles. The second-order valence-corrected chi connectivity index (χ2v) is 11.6. The zero-order valence-electron chi connectivity index (χ0n) is 25.0. The number of anilines is 1. The van der Waals surface area contributed by atoms with E-state index in [0.29, 0.717) is 6.61 Å². The van der Waals surface area contributed by atoms with Crippen LogP contribution in [0.3, 0.4) is 0 Å². The van der Waals surface area contributed by atoms with Crippen molar-refractivity contribution in [2.75, 3.05) is 31.7 Å². The molecular weight excluding hydrogens is 528 g/mol. The number of ether oxygens (including phenoxy) is 3. The number of methoxy groups -OCH3 is 1. The van der Waals surface area contributed by atoms with Crippen LogP contribution < -0.4 is 9.64 Å². The topological polar surface area (TPSA) is 78.2 Å². The van der Waals surface area contributed by atoms with Gasteiger partial charge in [0.05, 0.1) is 31.4 Å².